The molecular formula is C15H30IN3OS2. The highest BCUT2D eigenvalue weighted by Gasteiger charge is 2.32. The van der Waals surface area contributed by atoms with Gasteiger partial charge in [0.1, 0.15) is 0 Å². The van der Waals surface area contributed by atoms with E-state index in [0.29, 0.717) is 10.8 Å². The van der Waals surface area contributed by atoms with Gasteiger partial charge in [0.2, 0.25) is 0 Å². The molecule has 2 atom stereocenters. The van der Waals surface area contributed by atoms with E-state index in [2.05, 4.69) is 28.1 Å². The van der Waals surface area contributed by atoms with Gasteiger partial charge in [0.15, 0.2) is 5.96 Å². The fraction of sp³-hybridized carbons (Fsp3) is 0.933. The van der Waals surface area contributed by atoms with Gasteiger partial charge in [-0.25, -0.2) is 0 Å². The van der Waals surface area contributed by atoms with Gasteiger partial charge in [0.05, 0.1) is 0 Å². The maximum Gasteiger partial charge on any atom is 0.191 e. The molecule has 0 bridgehead atoms. The van der Waals surface area contributed by atoms with Crippen molar-refractivity contribution in [1.82, 2.24) is 10.6 Å². The number of halogens is 1. The molecule has 0 aromatic carbocycles. The van der Waals surface area contributed by atoms with Gasteiger partial charge in [-0.3, -0.25) is 4.99 Å². The minimum Gasteiger partial charge on any atom is -0.381 e. The van der Waals surface area contributed by atoms with Gasteiger partial charge in [-0.2, -0.15) is 23.5 Å². The van der Waals surface area contributed by atoms with Crippen molar-refractivity contribution in [2.45, 2.75) is 48.1 Å². The van der Waals surface area contributed by atoms with E-state index in [-0.39, 0.29) is 24.0 Å². The van der Waals surface area contributed by atoms with Crippen molar-refractivity contribution in [3.63, 3.8) is 0 Å². The molecule has 1 aliphatic heterocycles. The highest BCUT2D eigenvalue weighted by molar-refractivity contribution is 14.0. The fourth-order valence-electron chi connectivity index (χ4n) is 3.11. The van der Waals surface area contributed by atoms with Crippen LogP contribution in [0.5, 0.6) is 0 Å². The number of hydrogen-bond donors (Lipinski definition) is 2. The summed E-state index contributed by atoms with van der Waals surface area (Å²) in [6.07, 6.45) is 10.5. The lowest BCUT2D eigenvalue weighted by Gasteiger charge is -2.36. The number of aliphatic imine (C=N–C) groups is 1. The topological polar surface area (TPSA) is 45.7 Å². The van der Waals surface area contributed by atoms with Crippen molar-refractivity contribution in [3.8, 4) is 0 Å². The van der Waals surface area contributed by atoms with Crippen molar-refractivity contribution in [2.24, 2.45) is 4.99 Å². The van der Waals surface area contributed by atoms with Gasteiger partial charge < -0.3 is 15.4 Å². The van der Waals surface area contributed by atoms with Crippen molar-refractivity contribution >= 4 is 53.5 Å². The van der Waals surface area contributed by atoms with Crippen LogP contribution in [0.2, 0.25) is 0 Å². The zero-order valence-electron chi connectivity index (χ0n) is 13.9. The third-order valence-electron chi connectivity index (χ3n) is 4.70. The molecule has 0 radical (unpaired) electrons. The smallest absolute Gasteiger partial charge is 0.191 e. The van der Waals surface area contributed by atoms with E-state index >= 15 is 0 Å². The molecule has 2 N–H and O–H groups in total. The first kappa shape index (κ1) is 20.7. The van der Waals surface area contributed by atoms with E-state index in [1.165, 1.54) is 19.3 Å². The SMILES string of the molecule is CN=C(NCC1(SC)CCOCC1)NC1CCC(SC)C1.I. The van der Waals surface area contributed by atoms with Gasteiger partial charge in [-0.1, -0.05) is 0 Å². The lowest BCUT2D eigenvalue weighted by atomic mass is 9.99. The minimum absolute atomic E-state index is 0. The van der Waals surface area contributed by atoms with Crippen LogP contribution >= 0.6 is 47.5 Å². The summed E-state index contributed by atoms with van der Waals surface area (Å²) in [4.78, 5) is 4.40. The Morgan fingerprint density at radius 1 is 1.27 bits per heavy atom. The molecule has 0 amide bonds. The third-order valence-corrected chi connectivity index (χ3v) is 7.21. The molecule has 0 spiro atoms. The summed E-state index contributed by atoms with van der Waals surface area (Å²) in [7, 11) is 1.87. The van der Waals surface area contributed by atoms with Crippen LogP contribution in [0, 0.1) is 0 Å². The molecule has 0 aromatic rings. The largest absolute Gasteiger partial charge is 0.381 e. The molecule has 1 aliphatic carbocycles. The Labute approximate surface area is 160 Å². The van der Waals surface area contributed by atoms with Crippen LogP contribution in [0.25, 0.3) is 0 Å². The van der Waals surface area contributed by atoms with Crippen LogP contribution in [0.4, 0.5) is 0 Å². The van der Waals surface area contributed by atoms with E-state index in [1.807, 2.05) is 30.6 Å². The summed E-state index contributed by atoms with van der Waals surface area (Å²) in [6, 6.07) is 0.577. The van der Waals surface area contributed by atoms with Crippen LogP contribution < -0.4 is 10.6 Å². The molecule has 1 heterocycles. The predicted molar refractivity (Wildman–Crippen MR) is 111 cm³/mol. The predicted octanol–water partition coefficient (Wildman–Crippen LogP) is 2.97. The van der Waals surface area contributed by atoms with E-state index in [0.717, 1.165) is 43.8 Å². The first-order valence-corrected chi connectivity index (χ1v) is 10.4. The lowest BCUT2D eigenvalue weighted by molar-refractivity contribution is 0.0782. The fourth-order valence-corrected chi connectivity index (χ4v) is 4.70. The molecule has 1 saturated heterocycles. The highest BCUT2D eigenvalue weighted by atomic mass is 127. The van der Waals surface area contributed by atoms with Crippen LogP contribution in [-0.4, -0.2) is 61.3 Å². The second kappa shape index (κ2) is 10.5. The first-order chi connectivity index (χ1) is 10.2. The molecule has 2 rings (SSSR count). The normalized spacial score (nSPS) is 28.0. The zero-order chi connectivity index (χ0) is 15.1. The monoisotopic (exact) mass is 459 g/mol. The second-order valence-electron chi connectivity index (χ2n) is 5.94. The third kappa shape index (κ3) is 5.94. The van der Waals surface area contributed by atoms with E-state index in [1.54, 1.807) is 0 Å². The Bertz CT molecular complexity index is 352. The standard InChI is InChI=1S/C15H29N3OS2.HI/c1-16-14(18-12-4-5-13(10-12)20-2)17-11-15(21-3)6-8-19-9-7-15;/h12-13H,4-11H2,1-3H3,(H2,16,17,18);1H. The molecule has 2 unspecified atom stereocenters. The van der Waals surface area contributed by atoms with Gasteiger partial charge >= 0.3 is 0 Å². The van der Waals surface area contributed by atoms with E-state index in [4.69, 9.17) is 4.74 Å². The summed E-state index contributed by atoms with van der Waals surface area (Å²) < 4.78 is 5.80. The van der Waals surface area contributed by atoms with Gasteiger partial charge in [0.25, 0.3) is 0 Å². The number of rotatable bonds is 5. The maximum absolute atomic E-state index is 5.50. The molecule has 2 fully saturated rings. The number of nitrogens with one attached hydrogen (secondary N) is 2. The average molecular weight is 459 g/mol. The molecule has 7 heteroatoms. The minimum atomic E-state index is 0. The highest BCUT2D eigenvalue weighted by Crippen LogP contribution is 2.33. The van der Waals surface area contributed by atoms with Crippen LogP contribution in [0.3, 0.4) is 0 Å². The maximum atomic E-state index is 5.50. The average Bonchev–Trinajstić information content (AvgIpc) is 3.00. The number of thioether (sulfide) groups is 2. The summed E-state index contributed by atoms with van der Waals surface area (Å²) >= 11 is 3.96. The summed E-state index contributed by atoms with van der Waals surface area (Å²) in [5, 5.41) is 7.96. The zero-order valence-corrected chi connectivity index (χ0v) is 17.9. The van der Waals surface area contributed by atoms with Crippen LogP contribution in [-0.2, 0) is 4.74 Å². The van der Waals surface area contributed by atoms with Gasteiger partial charge in [-0.15, -0.1) is 24.0 Å². The molecule has 1 saturated carbocycles. The Morgan fingerprint density at radius 2 is 2.00 bits per heavy atom. The number of nitrogens with zero attached hydrogens (tertiary/aromatic N) is 1. The molecule has 2 aliphatic rings. The Morgan fingerprint density at radius 3 is 2.55 bits per heavy atom. The van der Waals surface area contributed by atoms with Crippen LogP contribution in [0.1, 0.15) is 32.1 Å². The number of guanidine groups is 1. The Kier molecular flexibility index (Phi) is 9.89. The molecule has 22 heavy (non-hydrogen) atoms. The van der Waals surface area contributed by atoms with Crippen molar-refractivity contribution in [2.75, 3.05) is 39.3 Å². The van der Waals surface area contributed by atoms with Crippen molar-refractivity contribution < 1.29 is 4.74 Å². The second-order valence-corrected chi connectivity index (χ2v) is 8.35. The quantitative estimate of drug-likeness (QED) is 0.376. The Balaban J connectivity index is 0.00000242. The molecule has 130 valence electrons. The van der Waals surface area contributed by atoms with Crippen LogP contribution in [0.15, 0.2) is 4.99 Å². The summed E-state index contributed by atoms with van der Waals surface area (Å²) in [5.41, 5.74) is 0. The molecular weight excluding hydrogens is 429 g/mol. The van der Waals surface area contributed by atoms with Crippen molar-refractivity contribution in [3.05, 3.63) is 0 Å². The molecule has 0 aromatic heterocycles. The lowest BCUT2D eigenvalue weighted by Crippen LogP contribution is -2.49. The summed E-state index contributed by atoms with van der Waals surface area (Å²) in [5.74, 6) is 0.960. The van der Waals surface area contributed by atoms with Gasteiger partial charge in [-0.05, 0) is 44.6 Å². The summed E-state index contributed by atoms with van der Waals surface area (Å²) in [6.45, 7) is 2.73. The van der Waals surface area contributed by atoms with E-state index < -0.39 is 0 Å². The van der Waals surface area contributed by atoms with E-state index in [9.17, 15) is 0 Å². The number of hydrogen-bond acceptors (Lipinski definition) is 4. The van der Waals surface area contributed by atoms with Gasteiger partial charge in [0, 0.05) is 42.8 Å². The molecule has 4 nitrogen and oxygen atoms in total. The number of ether oxygens (including phenoxy) is 1. The van der Waals surface area contributed by atoms with Crippen molar-refractivity contribution in [1.29, 1.82) is 0 Å². The first-order valence-electron chi connectivity index (χ1n) is 7.84. The Hall–Kier alpha value is 0.660.